The standard InChI is InChI=1S/C16H23N3OS/c1-5-15-7-14(10-21-15)16(20)17-8-11(2)9-19-13(4)6-12(3)18-19/h6-7,10-11H,5,8-9H2,1-4H3,(H,17,20)/t11-/m0/s1. The lowest BCUT2D eigenvalue weighted by Gasteiger charge is -2.13. The van der Waals surface area contributed by atoms with Crippen LogP contribution in [0.25, 0.3) is 0 Å². The molecule has 0 fully saturated rings. The molecule has 4 nitrogen and oxygen atoms in total. The summed E-state index contributed by atoms with van der Waals surface area (Å²) in [6, 6.07) is 4.05. The van der Waals surface area contributed by atoms with Crippen molar-refractivity contribution in [2.24, 2.45) is 5.92 Å². The Hall–Kier alpha value is -1.62. The third-order valence-corrected chi connectivity index (χ3v) is 4.54. The summed E-state index contributed by atoms with van der Waals surface area (Å²) in [6.45, 7) is 9.77. The molecule has 1 amide bonds. The van der Waals surface area contributed by atoms with Gasteiger partial charge < -0.3 is 5.32 Å². The van der Waals surface area contributed by atoms with Crippen molar-refractivity contribution in [2.45, 2.75) is 40.7 Å². The van der Waals surface area contributed by atoms with Gasteiger partial charge in [-0.3, -0.25) is 9.48 Å². The van der Waals surface area contributed by atoms with Crippen LogP contribution in [0, 0.1) is 19.8 Å². The highest BCUT2D eigenvalue weighted by Crippen LogP contribution is 2.15. The molecule has 0 saturated heterocycles. The summed E-state index contributed by atoms with van der Waals surface area (Å²) in [4.78, 5) is 13.3. The van der Waals surface area contributed by atoms with Crippen LogP contribution in [0.2, 0.25) is 0 Å². The number of aromatic nitrogens is 2. The number of nitrogens with one attached hydrogen (secondary N) is 1. The van der Waals surface area contributed by atoms with Gasteiger partial charge in [0, 0.05) is 29.0 Å². The van der Waals surface area contributed by atoms with Gasteiger partial charge in [0.05, 0.1) is 11.3 Å². The third kappa shape index (κ3) is 4.17. The SMILES string of the molecule is CCc1cc(C(=O)NC[C@H](C)Cn2nc(C)cc2C)cs1. The summed E-state index contributed by atoms with van der Waals surface area (Å²) in [7, 11) is 0. The fraction of sp³-hybridized carbons (Fsp3) is 0.500. The molecule has 5 heteroatoms. The summed E-state index contributed by atoms with van der Waals surface area (Å²) in [5.41, 5.74) is 2.97. The van der Waals surface area contributed by atoms with Gasteiger partial charge in [0.25, 0.3) is 5.91 Å². The minimum Gasteiger partial charge on any atom is -0.352 e. The number of aryl methyl sites for hydroxylation is 3. The molecule has 0 saturated carbocycles. The number of nitrogens with zero attached hydrogens (tertiary/aromatic N) is 2. The third-order valence-electron chi connectivity index (χ3n) is 3.46. The minimum absolute atomic E-state index is 0.0196. The Morgan fingerprint density at radius 1 is 1.43 bits per heavy atom. The second kappa shape index (κ2) is 6.89. The zero-order chi connectivity index (χ0) is 15.4. The average Bonchev–Trinajstić information content (AvgIpc) is 3.03. The van der Waals surface area contributed by atoms with Crippen LogP contribution in [0.5, 0.6) is 0 Å². The molecule has 0 unspecified atom stereocenters. The van der Waals surface area contributed by atoms with Gasteiger partial charge in [0.1, 0.15) is 0 Å². The topological polar surface area (TPSA) is 46.9 Å². The van der Waals surface area contributed by atoms with E-state index in [1.165, 1.54) is 4.88 Å². The molecule has 2 heterocycles. The molecule has 2 aromatic heterocycles. The fourth-order valence-electron chi connectivity index (χ4n) is 2.27. The maximum Gasteiger partial charge on any atom is 0.252 e. The van der Waals surface area contributed by atoms with E-state index in [0.29, 0.717) is 12.5 Å². The van der Waals surface area contributed by atoms with E-state index in [4.69, 9.17) is 0 Å². The van der Waals surface area contributed by atoms with Gasteiger partial charge in [-0.1, -0.05) is 13.8 Å². The smallest absolute Gasteiger partial charge is 0.252 e. The van der Waals surface area contributed by atoms with Crippen LogP contribution in [0.4, 0.5) is 0 Å². The summed E-state index contributed by atoms with van der Waals surface area (Å²) in [5.74, 6) is 0.363. The van der Waals surface area contributed by atoms with Crippen LogP contribution in [0.3, 0.4) is 0 Å². The van der Waals surface area contributed by atoms with Crippen LogP contribution < -0.4 is 5.32 Å². The van der Waals surface area contributed by atoms with E-state index in [0.717, 1.165) is 29.9 Å². The van der Waals surface area contributed by atoms with Crippen LogP contribution in [-0.2, 0) is 13.0 Å². The second-order valence-corrected chi connectivity index (χ2v) is 6.58. The predicted molar refractivity (Wildman–Crippen MR) is 86.9 cm³/mol. The lowest BCUT2D eigenvalue weighted by atomic mass is 10.1. The van der Waals surface area contributed by atoms with Crippen molar-refractivity contribution in [1.29, 1.82) is 0 Å². The van der Waals surface area contributed by atoms with Crippen LogP contribution in [0.15, 0.2) is 17.5 Å². The summed E-state index contributed by atoms with van der Waals surface area (Å²) in [6.07, 6.45) is 0.978. The highest BCUT2D eigenvalue weighted by atomic mass is 32.1. The lowest BCUT2D eigenvalue weighted by Crippen LogP contribution is -2.30. The summed E-state index contributed by atoms with van der Waals surface area (Å²) >= 11 is 1.64. The number of hydrogen-bond donors (Lipinski definition) is 1. The molecule has 1 atom stereocenters. The van der Waals surface area contributed by atoms with Gasteiger partial charge in [-0.05, 0) is 38.3 Å². The van der Waals surface area contributed by atoms with Crippen LogP contribution in [-0.4, -0.2) is 22.2 Å². The Balaban J connectivity index is 1.84. The number of amides is 1. The Morgan fingerprint density at radius 3 is 2.76 bits per heavy atom. The first-order valence-electron chi connectivity index (χ1n) is 7.36. The van der Waals surface area contributed by atoms with Crippen molar-refractivity contribution in [2.75, 3.05) is 6.54 Å². The molecule has 0 aliphatic carbocycles. The molecular formula is C16H23N3OS. The first kappa shape index (κ1) is 15.8. The quantitative estimate of drug-likeness (QED) is 0.891. The van der Waals surface area contributed by atoms with Crippen molar-refractivity contribution < 1.29 is 4.79 Å². The molecule has 21 heavy (non-hydrogen) atoms. The van der Waals surface area contributed by atoms with Gasteiger partial charge >= 0.3 is 0 Å². The number of carbonyl (C=O) groups excluding carboxylic acids is 1. The van der Waals surface area contributed by atoms with Crippen molar-refractivity contribution in [1.82, 2.24) is 15.1 Å². The number of hydrogen-bond acceptors (Lipinski definition) is 3. The number of thiophene rings is 1. The Bertz CT molecular complexity index is 615. The Labute approximate surface area is 130 Å². The van der Waals surface area contributed by atoms with E-state index in [1.807, 2.05) is 23.1 Å². The molecule has 0 aromatic carbocycles. The van der Waals surface area contributed by atoms with E-state index in [2.05, 4.69) is 37.3 Å². The van der Waals surface area contributed by atoms with Crippen molar-refractivity contribution in [3.8, 4) is 0 Å². The van der Waals surface area contributed by atoms with Crippen molar-refractivity contribution in [3.05, 3.63) is 39.3 Å². The first-order valence-corrected chi connectivity index (χ1v) is 8.24. The molecule has 2 rings (SSSR count). The zero-order valence-corrected chi connectivity index (χ0v) is 14.0. The molecule has 0 bridgehead atoms. The zero-order valence-electron chi connectivity index (χ0n) is 13.1. The fourth-order valence-corrected chi connectivity index (χ4v) is 3.09. The molecule has 114 valence electrons. The van der Waals surface area contributed by atoms with Crippen LogP contribution >= 0.6 is 11.3 Å². The normalized spacial score (nSPS) is 12.4. The molecule has 0 radical (unpaired) electrons. The van der Waals surface area contributed by atoms with Gasteiger partial charge in [0.2, 0.25) is 0 Å². The van der Waals surface area contributed by atoms with Crippen LogP contribution in [0.1, 0.15) is 40.5 Å². The monoisotopic (exact) mass is 305 g/mol. The van der Waals surface area contributed by atoms with Gasteiger partial charge in [-0.25, -0.2) is 0 Å². The van der Waals surface area contributed by atoms with Gasteiger partial charge in [-0.15, -0.1) is 11.3 Å². The second-order valence-electron chi connectivity index (χ2n) is 5.58. The predicted octanol–water partition coefficient (Wildman–Crippen LogP) is 3.19. The average molecular weight is 305 g/mol. The van der Waals surface area contributed by atoms with E-state index in [-0.39, 0.29) is 5.91 Å². The van der Waals surface area contributed by atoms with E-state index in [9.17, 15) is 4.79 Å². The number of rotatable bonds is 6. The molecule has 0 aliphatic heterocycles. The number of carbonyl (C=O) groups is 1. The molecule has 1 N–H and O–H groups in total. The molecule has 0 spiro atoms. The summed E-state index contributed by atoms with van der Waals surface area (Å²) in [5, 5.41) is 9.40. The van der Waals surface area contributed by atoms with E-state index >= 15 is 0 Å². The Kier molecular flexibility index (Phi) is 5.17. The highest BCUT2D eigenvalue weighted by molar-refractivity contribution is 7.10. The first-order chi connectivity index (χ1) is 9.99. The van der Waals surface area contributed by atoms with Gasteiger partial charge in [0.15, 0.2) is 0 Å². The van der Waals surface area contributed by atoms with E-state index < -0.39 is 0 Å². The van der Waals surface area contributed by atoms with Gasteiger partial charge in [-0.2, -0.15) is 5.10 Å². The maximum atomic E-state index is 12.1. The molecule has 2 aromatic rings. The summed E-state index contributed by atoms with van der Waals surface area (Å²) < 4.78 is 2.01. The van der Waals surface area contributed by atoms with Crippen molar-refractivity contribution in [3.63, 3.8) is 0 Å². The maximum absolute atomic E-state index is 12.1. The lowest BCUT2D eigenvalue weighted by molar-refractivity contribution is 0.0947. The molecule has 0 aliphatic rings. The minimum atomic E-state index is 0.0196. The van der Waals surface area contributed by atoms with E-state index in [1.54, 1.807) is 11.3 Å². The Morgan fingerprint density at radius 2 is 2.19 bits per heavy atom. The highest BCUT2D eigenvalue weighted by Gasteiger charge is 2.11. The largest absolute Gasteiger partial charge is 0.352 e. The molecular weight excluding hydrogens is 282 g/mol. The van der Waals surface area contributed by atoms with Crippen molar-refractivity contribution >= 4 is 17.2 Å².